The highest BCUT2D eigenvalue weighted by molar-refractivity contribution is 9.09. The minimum absolute atomic E-state index is 0.464. The molecule has 0 atom stereocenters. The molecule has 60 valence electrons. The quantitative estimate of drug-likeness (QED) is 0.280. The van der Waals surface area contributed by atoms with E-state index >= 15 is 0 Å². The first kappa shape index (κ1) is 9.88. The van der Waals surface area contributed by atoms with Crippen molar-refractivity contribution < 1.29 is 4.84 Å². The molecule has 0 amide bonds. The molecule has 0 aromatic heterocycles. The van der Waals surface area contributed by atoms with E-state index in [0.717, 1.165) is 18.2 Å². The molecule has 4 heteroatoms. The van der Waals surface area contributed by atoms with E-state index in [1.165, 1.54) is 12.8 Å². The molecule has 0 radical (unpaired) electrons. The fraction of sp³-hybridized carbons (Fsp3) is 1.00. The van der Waals surface area contributed by atoms with Gasteiger partial charge in [-0.3, -0.25) is 0 Å². The Hall–Kier alpha value is -0.120. The van der Waals surface area contributed by atoms with Gasteiger partial charge in [0.05, 0.1) is 0 Å². The van der Waals surface area contributed by atoms with Crippen LogP contribution < -0.4 is 0 Å². The van der Waals surface area contributed by atoms with Crippen molar-refractivity contribution in [2.75, 3.05) is 11.9 Å². The fourth-order valence-electron chi connectivity index (χ4n) is 0.652. The Kier molecular flexibility index (Phi) is 8.77. The van der Waals surface area contributed by atoms with Gasteiger partial charge in [0.15, 0.2) is 5.34 Å². The van der Waals surface area contributed by atoms with Gasteiger partial charge in [0.25, 0.3) is 0 Å². The van der Waals surface area contributed by atoms with E-state index in [2.05, 4.69) is 26.1 Å². The van der Waals surface area contributed by atoms with Crippen LogP contribution in [0.1, 0.15) is 25.7 Å². The van der Waals surface area contributed by atoms with Crippen LogP contribution in [0.3, 0.4) is 0 Å². The molecule has 0 N–H and O–H groups in total. The van der Waals surface area contributed by atoms with Gasteiger partial charge < -0.3 is 4.84 Å². The van der Waals surface area contributed by atoms with E-state index < -0.39 is 0 Å². The van der Waals surface area contributed by atoms with E-state index in [9.17, 15) is 4.91 Å². The first-order valence-electron chi connectivity index (χ1n) is 3.42. The summed E-state index contributed by atoms with van der Waals surface area (Å²) in [5.74, 6) is 0. The van der Waals surface area contributed by atoms with Crippen LogP contribution in [0.25, 0.3) is 0 Å². The average molecular weight is 210 g/mol. The minimum Gasteiger partial charge on any atom is -0.364 e. The van der Waals surface area contributed by atoms with Gasteiger partial charge in [-0.15, -0.1) is 4.91 Å². The van der Waals surface area contributed by atoms with Crippen molar-refractivity contribution in [2.24, 2.45) is 5.34 Å². The fourth-order valence-corrected chi connectivity index (χ4v) is 1.05. The van der Waals surface area contributed by atoms with Gasteiger partial charge in [-0.05, 0) is 19.3 Å². The first-order chi connectivity index (χ1) is 4.91. The summed E-state index contributed by atoms with van der Waals surface area (Å²) >= 11 is 3.33. The maximum absolute atomic E-state index is 9.41. The van der Waals surface area contributed by atoms with Crippen molar-refractivity contribution in [1.29, 1.82) is 0 Å². The summed E-state index contributed by atoms with van der Waals surface area (Å²) in [4.78, 5) is 13.7. The average Bonchev–Trinajstić information content (AvgIpc) is 1.97. The molecule has 0 aliphatic heterocycles. The zero-order chi connectivity index (χ0) is 7.66. The predicted molar refractivity (Wildman–Crippen MR) is 44.0 cm³/mol. The maximum atomic E-state index is 9.41. The number of halogens is 1. The Morgan fingerprint density at radius 2 is 1.90 bits per heavy atom. The molecule has 0 saturated carbocycles. The van der Waals surface area contributed by atoms with E-state index in [1.807, 2.05) is 0 Å². The second kappa shape index (κ2) is 8.88. The van der Waals surface area contributed by atoms with Gasteiger partial charge in [-0.2, -0.15) is 0 Å². The summed E-state index contributed by atoms with van der Waals surface area (Å²) < 4.78 is 0. The minimum atomic E-state index is 0.464. The lowest BCUT2D eigenvalue weighted by atomic mass is 10.2. The van der Waals surface area contributed by atoms with Crippen LogP contribution in [0.4, 0.5) is 0 Å². The van der Waals surface area contributed by atoms with Crippen molar-refractivity contribution in [2.45, 2.75) is 25.7 Å². The third-order valence-electron chi connectivity index (χ3n) is 1.17. The summed E-state index contributed by atoms with van der Waals surface area (Å²) in [6.07, 6.45) is 4.42. The lowest BCUT2D eigenvalue weighted by molar-refractivity contribution is 0.135. The summed E-state index contributed by atoms with van der Waals surface area (Å²) in [6.45, 7) is 0.464. The zero-order valence-corrected chi connectivity index (χ0v) is 7.47. The maximum Gasteiger partial charge on any atom is 0.155 e. The van der Waals surface area contributed by atoms with Gasteiger partial charge in [-0.1, -0.05) is 22.4 Å². The molecule has 0 heterocycles. The van der Waals surface area contributed by atoms with E-state index in [1.54, 1.807) is 0 Å². The molecule has 3 nitrogen and oxygen atoms in total. The highest BCUT2D eigenvalue weighted by Gasteiger charge is 1.88. The van der Waals surface area contributed by atoms with Gasteiger partial charge >= 0.3 is 0 Å². The van der Waals surface area contributed by atoms with E-state index in [0.29, 0.717) is 6.61 Å². The topological polar surface area (TPSA) is 38.7 Å². The molecular weight excluding hydrogens is 198 g/mol. The van der Waals surface area contributed by atoms with Crippen LogP contribution in [0.15, 0.2) is 5.34 Å². The number of unbranched alkanes of at least 4 members (excludes halogenated alkanes) is 3. The monoisotopic (exact) mass is 209 g/mol. The van der Waals surface area contributed by atoms with Crippen LogP contribution in [0.2, 0.25) is 0 Å². The molecule has 0 spiro atoms. The Morgan fingerprint density at radius 1 is 1.20 bits per heavy atom. The molecule has 0 bridgehead atoms. The second-order valence-electron chi connectivity index (χ2n) is 2.01. The van der Waals surface area contributed by atoms with Crippen LogP contribution in [-0.2, 0) is 4.84 Å². The standard InChI is InChI=1S/C6H12BrNO2/c7-5-3-1-2-4-6-10-8-9/h1-6H2. The lowest BCUT2D eigenvalue weighted by Gasteiger charge is -1.95. The molecule has 0 saturated heterocycles. The largest absolute Gasteiger partial charge is 0.364 e. The van der Waals surface area contributed by atoms with Crippen molar-refractivity contribution in [1.82, 2.24) is 0 Å². The third-order valence-corrected chi connectivity index (χ3v) is 1.73. The van der Waals surface area contributed by atoms with Crippen molar-refractivity contribution in [3.05, 3.63) is 4.91 Å². The van der Waals surface area contributed by atoms with Crippen LogP contribution in [0.5, 0.6) is 0 Å². The molecule has 0 aromatic carbocycles. The predicted octanol–water partition coefficient (Wildman–Crippen LogP) is 2.64. The molecule has 0 aliphatic carbocycles. The van der Waals surface area contributed by atoms with Crippen molar-refractivity contribution >= 4 is 15.9 Å². The van der Waals surface area contributed by atoms with Gasteiger partial charge in [0, 0.05) is 5.33 Å². The Bertz CT molecular complexity index is 80.1. The molecule has 0 rings (SSSR count). The van der Waals surface area contributed by atoms with Crippen LogP contribution >= 0.6 is 15.9 Å². The molecule has 10 heavy (non-hydrogen) atoms. The molecular formula is C6H12BrNO2. The number of nitrogens with zero attached hydrogens (tertiary/aromatic N) is 1. The van der Waals surface area contributed by atoms with Gasteiger partial charge in [-0.25, -0.2) is 0 Å². The van der Waals surface area contributed by atoms with Crippen LogP contribution in [0, 0.1) is 4.91 Å². The van der Waals surface area contributed by atoms with E-state index in [4.69, 9.17) is 0 Å². The van der Waals surface area contributed by atoms with Gasteiger partial charge in [0.2, 0.25) is 0 Å². The van der Waals surface area contributed by atoms with Crippen molar-refractivity contribution in [3.8, 4) is 0 Å². The highest BCUT2D eigenvalue weighted by Crippen LogP contribution is 2.01. The van der Waals surface area contributed by atoms with E-state index in [-0.39, 0.29) is 0 Å². The number of hydrogen-bond acceptors (Lipinski definition) is 3. The molecule has 0 aliphatic rings. The molecule has 0 fully saturated rings. The number of rotatable bonds is 7. The Morgan fingerprint density at radius 3 is 2.50 bits per heavy atom. The zero-order valence-electron chi connectivity index (χ0n) is 5.88. The van der Waals surface area contributed by atoms with Gasteiger partial charge in [0.1, 0.15) is 6.61 Å². The number of hydrogen-bond donors (Lipinski definition) is 0. The first-order valence-corrected chi connectivity index (χ1v) is 4.54. The second-order valence-corrected chi connectivity index (χ2v) is 2.80. The lowest BCUT2D eigenvalue weighted by Crippen LogP contribution is -1.87. The Balaban J connectivity index is 2.70. The summed E-state index contributed by atoms with van der Waals surface area (Å²) in [6, 6.07) is 0. The summed E-state index contributed by atoms with van der Waals surface area (Å²) in [7, 11) is 0. The van der Waals surface area contributed by atoms with Crippen LogP contribution in [-0.4, -0.2) is 11.9 Å². The molecule has 0 unspecified atom stereocenters. The smallest absolute Gasteiger partial charge is 0.155 e. The summed E-state index contributed by atoms with van der Waals surface area (Å²) in [5.41, 5.74) is 0. The van der Waals surface area contributed by atoms with Crippen molar-refractivity contribution in [3.63, 3.8) is 0 Å². The third kappa shape index (κ3) is 7.88. The normalized spacial score (nSPS) is 9.30. The summed E-state index contributed by atoms with van der Waals surface area (Å²) in [5, 5.41) is 3.35. The highest BCUT2D eigenvalue weighted by atomic mass is 79.9. The molecule has 0 aromatic rings. The SMILES string of the molecule is O=NOCCCCCCBr. The Labute approximate surface area is 69.2 Å². The number of alkyl halides is 1.